The maximum Gasteiger partial charge on any atom is 0.338 e. The van der Waals surface area contributed by atoms with Crippen LogP contribution >= 0.6 is 0 Å². The van der Waals surface area contributed by atoms with Crippen molar-refractivity contribution in [2.75, 3.05) is 11.9 Å². The first-order valence-corrected chi connectivity index (χ1v) is 6.85. The van der Waals surface area contributed by atoms with Crippen LogP contribution in [0.3, 0.4) is 0 Å². The Hall–Kier alpha value is -3.29. The fraction of sp³-hybridized carbons (Fsp3) is 0.125. The van der Waals surface area contributed by atoms with Crippen molar-refractivity contribution in [1.82, 2.24) is 0 Å². The molecule has 0 unspecified atom stereocenters. The largest absolute Gasteiger partial charge is 0.452 e. The van der Waals surface area contributed by atoms with Crippen molar-refractivity contribution >= 4 is 23.3 Å². The number of aryl methyl sites for hydroxylation is 1. The Morgan fingerprint density at radius 3 is 2.62 bits per heavy atom. The summed E-state index contributed by atoms with van der Waals surface area (Å²) in [5, 5.41) is 13.1. The molecule has 0 aliphatic heterocycles. The Labute approximate surface area is 136 Å². The highest BCUT2D eigenvalue weighted by atomic mass is 19.1. The smallest absolute Gasteiger partial charge is 0.338 e. The predicted molar refractivity (Wildman–Crippen MR) is 83.1 cm³/mol. The second-order valence-corrected chi connectivity index (χ2v) is 4.86. The van der Waals surface area contributed by atoms with Gasteiger partial charge >= 0.3 is 5.97 Å². The summed E-state index contributed by atoms with van der Waals surface area (Å²) >= 11 is 0. The molecule has 1 amide bonds. The average Bonchev–Trinajstić information content (AvgIpc) is 2.55. The van der Waals surface area contributed by atoms with Crippen LogP contribution in [0.25, 0.3) is 0 Å². The number of rotatable bonds is 5. The zero-order valence-corrected chi connectivity index (χ0v) is 12.6. The van der Waals surface area contributed by atoms with Gasteiger partial charge in [-0.05, 0) is 30.7 Å². The van der Waals surface area contributed by atoms with Gasteiger partial charge in [0.25, 0.3) is 11.6 Å². The molecule has 0 bridgehead atoms. The lowest BCUT2D eigenvalue weighted by Crippen LogP contribution is -2.21. The minimum absolute atomic E-state index is 0.00932. The molecular formula is C16H13FN2O5. The lowest BCUT2D eigenvalue weighted by atomic mass is 10.1. The van der Waals surface area contributed by atoms with Gasteiger partial charge in [-0.15, -0.1) is 0 Å². The molecule has 24 heavy (non-hydrogen) atoms. The van der Waals surface area contributed by atoms with Crippen LogP contribution in [0.4, 0.5) is 15.8 Å². The molecule has 0 radical (unpaired) electrons. The molecule has 0 saturated carbocycles. The minimum Gasteiger partial charge on any atom is -0.452 e. The highest BCUT2D eigenvalue weighted by molar-refractivity contribution is 5.96. The van der Waals surface area contributed by atoms with Crippen molar-refractivity contribution in [2.45, 2.75) is 6.92 Å². The van der Waals surface area contributed by atoms with Crippen LogP contribution in [0.2, 0.25) is 0 Å². The first kappa shape index (κ1) is 17.1. The molecule has 1 N–H and O–H groups in total. The summed E-state index contributed by atoms with van der Waals surface area (Å²) in [5.41, 5.74) is 0.0555. The number of hydrogen-bond donors (Lipinski definition) is 1. The van der Waals surface area contributed by atoms with Crippen molar-refractivity contribution in [1.29, 1.82) is 0 Å². The van der Waals surface area contributed by atoms with Crippen LogP contribution in [0.1, 0.15) is 15.9 Å². The first-order valence-electron chi connectivity index (χ1n) is 6.85. The Kier molecular flexibility index (Phi) is 5.20. The van der Waals surface area contributed by atoms with E-state index < -0.39 is 29.2 Å². The second-order valence-electron chi connectivity index (χ2n) is 4.86. The van der Waals surface area contributed by atoms with Gasteiger partial charge < -0.3 is 10.1 Å². The topological polar surface area (TPSA) is 98.5 Å². The Morgan fingerprint density at radius 1 is 1.25 bits per heavy atom. The molecule has 0 fully saturated rings. The Balaban J connectivity index is 1.97. The SMILES string of the molecule is Cc1ccc(C(=O)OCC(=O)Nc2ccccc2[N+](=O)[O-])cc1F. The lowest BCUT2D eigenvalue weighted by molar-refractivity contribution is -0.383. The van der Waals surface area contributed by atoms with Crippen molar-refractivity contribution in [3.05, 3.63) is 69.5 Å². The standard InChI is InChI=1S/C16H13FN2O5/c1-10-6-7-11(8-12(10)17)16(21)24-9-15(20)18-13-4-2-3-5-14(13)19(22)23/h2-8H,9H2,1H3,(H,18,20). The maximum atomic E-state index is 13.4. The third-order valence-electron chi connectivity index (χ3n) is 3.12. The van der Waals surface area contributed by atoms with E-state index in [0.29, 0.717) is 5.56 Å². The number of nitrogens with one attached hydrogen (secondary N) is 1. The van der Waals surface area contributed by atoms with Gasteiger partial charge in [0.05, 0.1) is 10.5 Å². The number of nitro groups is 1. The molecule has 0 heterocycles. The van der Waals surface area contributed by atoms with E-state index in [9.17, 15) is 24.1 Å². The molecule has 0 atom stereocenters. The predicted octanol–water partition coefficient (Wildman–Crippen LogP) is 2.84. The molecule has 0 spiro atoms. The normalized spacial score (nSPS) is 10.1. The van der Waals surface area contributed by atoms with Crippen LogP contribution in [0.5, 0.6) is 0 Å². The third kappa shape index (κ3) is 4.13. The van der Waals surface area contributed by atoms with E-state index in [1.165, 1.54) is 36.4 Å². The summed E-state index contributed by atoms with van der Waals surface area (Å²) in [7, 11) is 0. The molecule has 7 nitrogen and oxygen atoms in total. The van der Waals surface area contributed by atoms with Crippen LogP contribution in [0.15, 0.2) is 42.5 Å². The zero-order valence-electron chi connectivity index (χ0n) is 12.6. The van der Waals surface area contributed by atoms with Crippen molar-refractivity contribution in [3.8, 4) is 0 Å². The van der Waals surface area contributed by atoms with E-state index in [4.69, 9.17) is 4.74 Å². The zero-order chi connectivity index (χ0) is 17.7. The number of amides is 1. The fourth-order valence-corrected chi connectivity index (χ4v) is 1.86. The van der Waals surface area contributed by atoms with Gasteiger partial charge in [0.1, 0.15) is 11.5 Å². The second kappa shape index (κ2) is 7.32. The summed E-state index contributed by atoms with van der Waals surface area (Å²) in [6, 6.07) is 9.37. The summed E-state index contributed by atoms with van der Waals surface area (Å²) < 4.78 is 18.2. The van der Waals surface area contributed by atoms with Crippen LogP contribution < -0.4 is 5.32 Å². The van der Waals surface area contributed by atoms with Gasteiger partial charge in [-0.25, -0.2) is 9.18 Å². The summed E-state index contributed by atoms with van der Waals surface area (Å²) in [6.45, 7) is 0.894. The maximum absolute atomic E-state index is 13.4. The van der Waals surface area contributed by atoms with E-state index >= 15 is 0 Å². The molecule has 0 aliphatic rings. The average molecular weight is 332 g/mol. The minimum atomic E-state index is -0.869. The van der Waals surface area contributed by atoms with Gasteiger partial charge in [0.2, 0.25) is 0 Å². The summed E-state index contributed by atoms with van der Waals surface area (Å²) in [5.74, 6) is -2.18. The molecule has 2 aromatic rings. The van der Waals surface area contributed by atoms with E-state index in [2.05, 4.69) is 5.32 Å². The number of hydrogen-bond acceptors (Lipinski definition) is 5. The highest BCUT2D eigenvalue weighted by Gasteiger charge is 2.16. The molecule has 2 aromatic carbocycles. The highest BCUT2D eigenvalue weighted by Crippen LogP contribution is 2.22. The fourth-order valence-electron chi connectivity index (χ4n) is 1.86. The Bertz CT molecular complexity index is 807. The number of nitro benzene ring substituents is 1. The molecular weight excluding hydrogens is 319 g/mol. The van der Waals surface area contributed by atoms with Crippen molar-refractivity contribution in [3.63, 3.8) is 0 Å². The van der Waals surface area contributed by atoms with Crippen molar-refractivity contribution in [2.24, 2.45) is 0 Å². The van der Waals surface area contributed by atoms with Gasteiger partial charge in [-0.1, -0.05) is 18.2 Å². The van der Waals surface area contributed by atoms with E-state index in [0.717, 1.165) is 6.07 Å². The number of halogens is 1. The number of anilines is 1. The molecule has 8 heteroatoms. The van der Waals surface area contributed by atoms with Crippen LogP contribution in [-0.4, -0.2) is 23.4 Å². The third-order valence-corrected chi connectivity index (χ3v) is 3.12. The van der Waals surface area contributed by atoms with E-state index in [1.54, 1.807) is 6.92 Å². The van der Waals surface area contributed by atoms with Gasteiger partial charge in [-0.2, -0.15) is 0 Å². The van der Waals surface area contributed by atoms with Gasteiger partial charge in [0, 0.05) is 6.07 Å². The summed E-state index contributed by atoms with van der Waals surface area (Å²) in [4.78, 5) is 33.7. The van der Waals surface area contributed by atoms with Crippen LogP contribution in [-0.2, 0) is 9.53 Å². The monoisotopic (exact) mass is 332 g/mol. The number of nitrogens with zero attached hydrogens (tertiary/aromatic N) is 1. The first-order chi connectivity index (χ1) is 11.4. The number of carbonyl (C=O) groups excluding carboxylic acids is 2. The number of esters is 1. The molecule has 0 aliphatic carbocycles. The molecule has 0 saturated heterocycles. The molecule has 2 rings (SSSR count). The number of carbonyl (C=O) groups is 2. The number of benzene rings is 2. The summed E-state index contributed by atoms with van der Waals surface area (Å²) in [6.07, 6.45) is 0. The van der Waals surface area contributed by atoms with Gasteiger partial charge in [0.15, 0.2) is 6.61 Å². The molecule has 124 valence electrons. The quantitative estimate of drug-likeness (QED) is 0.516. The number of ether oxygens (including phenoxy) is 1. The molecule has 0 aromatic heterocycles. The van der Waals surface area contributed by atoms with Gasteiger partial charge in [-0.3, -0.25) is 14.9 Å². The Morgan fingerprint density at radius 2 is 1.96 bits per heavy atom. The number of para-hydroxylation sites is 2. The van der Waals surface area contributed by atoms with E-state index in [1.807, 2.05) is 0 Å². The lowest BCUT2D eigenvalue weighted by Gasteiger charge is -2.07. The van der Waals surface area contributed by atoms with E-state index in [-0.39, 0.29) is 16.9 Å². The van der Waals surface area contributed by atoms with Crippen LogP contribution in [0, 0.1) is 22.9 Å². The van der Waals surface area contributed by atoms with Crippen molar-refractivity contribution < 1.29 is 23.6 Å².